The predicted molar refractivity (Wildman–Crippen MR) is 114 cm³/mol. The quantitative estimate of drug-likeness (QED) is 0.556. The fraction of sp³-hybridized carbons (Fsp3) is 0.263. The molecule has 2 aliphatic rings. The Hall–Kier alpha value is -1.91. The second kappa shape index (κ2) is 7.41. The SMILES string of the molecule is O=C(c1[nH]nc2c1CSc1sc(Br)cc1-2)N1CCN(c2ccc(F)c(F)c2)CC1. The Morgan fingerprint density at radius 1 is 1.14 bits per heavy atom. The summed E-state index contributed by atoms with van der Waals surface area (Å²) in [5, 5.41) is 7.37. The van der Waals surface area contributed by atoms with Crippen molar-refractivity contribution >= 4 is 50.6 Å². The van der Waals surface area contributed by atoms with Gasteiger partial charge in [-0.2, -0.15) is 5.10 Å². The fourth-order valence-electron chi connectivity index (χ4n) is 3.67. The number of hydrogen-bond donors (Lipinski definition) is 1. The third kappa shape index (κ3) is 3.36. The molecular weight excluding hydrogens is 482 g/mol. The number of nitrogens with one attached hydrogen (secondary N) is 1. The van der Waals surface area contributed by atoms with Crippen LogP contribution in [0.5, 0.6) is 0 Å². The molecule has 2 aliphatic heterocycles. The Kier molecular flexibility index (Phi) is 4.87. The third-order valence-electron chi connectivity index (χ3n) is 5.19. The van der Waals surface area contributed by atoms with E-state index in [9.17, 15) is 13.6 Å². The Labute approximate surface area is 182 Å². The molecule has 1 N–H and O–H groups in total. The van der Waals surface area contributed by atoms with Gasteiger partial charge in [0.1, 0.15) is 5.69 Å². The van der Waals surface area contributed by atoms with E-state index < -0.39 is 11.6 Å². The van der Waals surface area contributed by atoms with Gasteiger partial charge in [0.2, 0.25) is 0 Å². The van der Waals surface area contributed by atoms with Gasteiger partial charge in [-0.05, 0) is 34.1 Å². The molecule has 3 aromatic rings. The van der Waals surface area contributed by atoms with Crippen LogP contribution in [0.4, 0.5) is 14.5 Å². The number of halogens is 3. The van der Waals surface area contributed by atoms with Crippen LogP contribution in [0, 0.1) is 11.6 Å². The van der Waals surface area contributed by atoms with Gasteiger partial charge in [-0.3, -0.25) is 9.89 Å². The van der Waals surface area contributed by atoms with Gasteiger partial charge < -0.3 is 9.80 Å². The first-order valence-corrected chi connectivity index (χ1v) is 11.6. The number of hydrogen-bond acceptors (Lipinski definition) is 5. The van der Waals surface area contributed by atoms with Crippen LogP contribution in [0.3, 0.4) is 0 Å². The number of carbonyl (C=O) groups is 1. The molecule has 0 saturated carbocycles. The summed E-state index contributed by atoms with van der Waals surface area (Å²) in [6.07, 6.45) is 0. The number of H-pyrrole nitrogens is 1. The molecular formula is C19H15BrF2N4OS2. The average molecular weight is 497 g/mol. The van der Waals surface area contributed by atoms with Gasteiger partial charge in [-0.15, -0.1) is 23.1 Å². The molecule has 1 fully saturated rings. The van der Waals surface area contributed by atoms with E-state index in [1.165, 1.54) is 10.3 Å². The van der Waals surface area contributed by atoms with Crippen molar-refractivity contribution in [3.8, 4) is 11.3 Å². The highest BCUT2D eigenvalue weighted by atomic mass is 79.9. The molecule has 1 aromatic carbocycles. The number of aromatic nitrogens is 2. The maximum atomic E-state index is 13.5. The van der Waals surface area contributed by atoms with E-state index in [0.717, 1.165) is 26.7 Å². The minimum atomic E-state index is -0.859. The Balaban J connectivity index is 1.32. The van der Waals surface area contributed by atoms with Crippen molar-refractivity contribution in [2.75, 3.05) is 31.1 Å². The van der Waals surface area contributed by atoms with Crippen molar-refractivity contribution in [3.63, 3.8) is 0 Å². The molecule has 0 radical (unpaired) electrons. The molecule has 0 bridgehead atoms. The number of aromatic amines is 1. The summed E-state index contributed by atoms with van der Waals surface area (Å²) >= 11 is 6.91. The summed E-state index contributed by atoms with van der Waals surface area (Å²) in [5.74, 6) is -1.07. The zero-order valence-corrected chi connectivity index (χ0v) is 18.3. The molecule has 4 heterocycles. The van der Waals surface area contributed by atoms with E-state index >= 15 is 0 Å². The highest BCUT2D eigenvalue weighted by Gasteiger charge is 2.31. The lowest BCUT2D eigenvalue weighted by molar-refractivity contribution is 0.0740. The Bertz CT molecular complexity index is 1110. The molecule has 0 unspecified atom stereocenters. The van der Waals surface area contributed by atoms with Crippen LogP contribution in [0.15, 0.2) is 32.3 Å². The van der Waals surface area contributed by atoms with E-state index in [1.807, 2.05) is 11.0 Å². The monoisotopic (exact) mass is 496 g/mol. The van der Waals surface area contributed by atoms with Crippen LogP contribution < -0.4 is 4.90 Å². The summed E-state index contributed by atoms with van der Waals surface area (Å²) in [6.45, 7) is 2.13. The fourth-order valence-corrected chi connectivity index (χ4v) is 6.87. The molecule has 0 aliphatic carbocycles. The van der Waals surface area contributed by atoms with Gasteiger partial charge in [-0.1, -0.05) is 0 Å². The number of rotatable bonds is 2. The average Bonchev–Trinajstić information content (AvgIpc) is 3.32. The van der Waals surface area contributed by atoms with E-state index in [1.54, 1.807) is 34.1 Å². The van der Waals surface area contributed by atoms with E-state index in [-0.39, 0.29) is 5.91 Å². The normalized spacial score (nSPS) is 16.0. The van der Waals surface area contributed by atoms with Gasteiger partial charge in [-0.25, -0.2) is 8.78 Å². The number of fused-ring (bicyclic) bond motifs is 3. The number of thiophene rings is 1. The zero-order chi connectivity index (χ0) is 20.1. The van der Waals surface area contributed by atoms with E-state index in [0.29, 0.717) is 43.3 Å². The van der Waals surface area contributed by atoms with Crippen LogP contribution in [0.25, 0.3) is 11.3 Å². The summed E-state index contributed by atoms with van der Waals surface area (Å²) in [7, 11) is 0. The topological polar surface area (TPSA) is 52.2 Å². The first-order chi connectivity index (χ1) is 14.0. The van der Waals surface area contributed by atoms with Crippen LogP contribution >= 0.6 is 39.0 Å². The lowest BCUT2D eigenvalue weighted by atomic mass is 10.1. The first-order valence-electron chi connectivity index (χ1n) is 9.00. The molecule has 5 nitrogen and oxygen atoms in total. The second-order valence-corrected chi connectivity index (χ2v) is 10.5. The Morgan fingerprint density at radius 3 is 2.69 bits per heavy atom. The van der Waals surface area contributed by atoms with Crippen molar-refractivity contribution in [1.29, 1.82) is 0 Å². The smallest absolute Gasteiger partial charge is 0.272 e. The van der Waals surface area contributed by atoms with Crippen molar-refractivity contribution in [2.24, 2.45) is 0 Å². The van der Waals surface area contributed by atoms with Crippen molar-refractivity contribution in [1.82, 2.24) is 15.1 Å². The summed E-state index contributed by atoms with van der Waals surface area (Å²) in [5.41, 5.74) is 4.03. The number of thioether (sulfide) groups is 1. The number of amides is 1. The first kappa shape index (κ1) is 19.1. The number of anilines is 1. The van der Waals surface area contributed by atoms with Crippen LogP contribution in [-0.4, -0.2) is 47.2 Å². The van der Waals surface area contributed by atoms with Crippen molar-refractivity contribution in [3.05, 3.63) is 50.9 Å². The van der Waals surface area contributed by atoms with Gasteiger partial charge in [0.25, 0.3) is 5.91 Å². The molecule has 1 saturated heterocycles. The summed E-state index contributed by atoms with van der Waals surface area (Å²) in [6, 6.07) is 5.94. The highest BCUT2D eigenvalue weighted by Crippen LogP contribution is 2.47. The maximum absolute atomic E-state index is 13.5. The summed E-state index contributed by atoms with van der Waals surface area (Å²) in [4.78, 5) is 16.8. The molecule has 0 spiro atoms. The molecule has 150 valence electrons. The molecule has 1 amide bonds. The number of benzene rings is 1. The molecule has 5 rings (SSSR count). The Morgan fingerprint density at radius 2 is 1.93 bits per heavy atom. The maximum Gasteiger partial charge on any atom is 0.272 e. The van der Waals surface area contributed by atoms with Gasteiger partial charge in [0, 0.05) is 54.8 Å². The molecule has 10 heteroatoms. The zero-order valence-electron chi connectivity index (χ0n) is 15.0. The van der Waals surface area contributed by atoms with Crippen LogP contribution in [0.1, 0.15) is 16.1 Å². The van der Waals surface area contributed by atoms with Gasteiger partial charge in [0.15, 0.2) is 11.6 Å². The predicted octanol–water partition coefficient (Wildman–Crippen LogP) is 4.75. The van der Waals surface area contributed by atoms with Crippen LogP contribution in [-0.2, 0) is 5.75 Å². The van der Waals surface area contributed by atoms with Crippen molar-refractivity contribution in [2.45, 2.75) is 9.96 Å². The minimum absolute atomic E-state index is 0.0676. The highest BCUT2D eigenvalue weighted by molar-refractivity contribution is 9.11. The number of piperazine rings is 1. The van der Waals surface area contributed by atoms with Crippen LogP contribution in [0.2, 0.25) is 0 Å². The van der Waals surface area contributed by atoms with E-state index in [2.05, 4.69) is 26.1 Å². The summed E-state index contributed by atoms with van der Waals surface area (Å²) < 4.78 is 28.9. The lowest BCUT2D eigenvalue weighted by Crippen LogP contribution is -2.49. The van der Waals surface area contributed by atoms with E-state index in [4.69, 9.17) is 0 Å². The standard InChI is InChI=1S/C19H15BrF2N4OS2/c20-15-8-11-16-12(9-28-19(11)29-15)17(24-23-16)18(27)26-5-3-25(4-6-26)10-1-2-13(21)14(22)7-10/h1-2,7-8H,3-6,9H2,(H,23,24). The largest absolute Gasteiger partial charge is 0.368 e. The lowest BCUT2D eigenvalue weighted by Gasteiger charge is -2.36. The number of carbonyl (C=O) groups excluding carboxylic acids is 1. The van der Waals surface area contributed by atoms with Crippen molar-refractivity contribution < 1.29 is 13.6 Å². The van der Waals surface area contributed by atoms with Gasteiger partial charge >= 0.3 is 0 Å². The third-order valence-corrected chi connectivity index (χ3v) is 8.14. The minimum Gasteiger partial charge on any atom is -0.368 e. The molecule has 2 aromatic heterocycles. The number of nitrogens with zero attached hydrogens (tertiary/aromatic N) is 3. The van der Waals surface area contributed by atoms with Gasteiger partial charge in [0.05, 0.1) is 13.7 Å². The molecule has 0 atom stereocenters. The molecule has 29 heavy (non-hydrogen) atoms. The second-order valence-electron chi connectivity index (χ2n) is 6.84.